The molecule has 5 nitrogen and oxygen atoms in total. The van der Waals surface area contributed by atoms with Crippen molar-refractivity contribution in [2.24, 2.45) is 0 Å². The molecular formula is C13H11F2N3O2. The molecule has 1 aromatic carbocycles. The first kappa shape index (κ1) is 12.7. The van der Waals surface area contributed by atoms with Gasteiger partial charge in [0, 0.05) is 19.0 Å². The number of carbonyl (C=O) groups excluding carboxylic acids is 1. The molecule has 0 saturated carbocycles. The Kier molecular flexibility index (Phi) is 2.96. The maximum absolute atomic E-state index is 13.2. The molecule has 1 aliphatic rings. The molecule has 0 spiro atoms. The van der Waals surface area contributed by atoms with Gasteiger partial charge in [-0.05, 0) is 24.6 Å². The molecule has 1 aliphatic heterocycles. The van der Waals surface area contributed by atoms with Crippen LogP contribution in [0.4, 0.5) is 8.78 Å². The van der Waals surface area contributed by atoms with Crippen molar-refractivity contribution in [2.75, 3.05) is 7.05 Å². The molecule has 20 heavy (non-hydrogen) atoms. The minimum Gasteiger partial charge on any atom is -0.337 e. The van der Waals surface area contributed by atoms with Gasteiger partial charge in [0.15, 0.2) is 11.6 Å². The topological polar surface area (TPSA) is 59.2 Å². The van der Waals surface area contributed by atoms with Crippen molar-refractivity contribution < 1.29 is 18.1 Å². The second kappa shape index (κ2) is 4.66. The Morgan fingerprint density at radius 1 is 1.35 bits per heavy atom. The monoisotopic (exact) mass is 279 g/mol. The average molecular weight is 279 g/mol. The summed E-state index contributed by atoms with van der Waals surface area (Å²) in [6.45, 7) is 0. The number of hydrogen-bond acceptors (Lipinski definition) is 4. The van der Waals surface area contributed by atoms with Gasteiger partial charge in [-0.3, -0.25) is 4.79 Å². The van der Waals surface area contributed by atoms with Gasteiger partial charge in [0.2, 0.25) is 17.6 Å². The fourth-order valence-corrected chi connectivity index (χ4v) is 2.22. The van der Waals surface area contributed by atoms with Crippen molar-refractivity contribution in [2.45, 2.75) is 18.9 Å². The van der Waals surface area contributed by atoms with E-state index in [1.165, 1.54) is 6.07 Å². The van der Waals surface area contributed by atoms with Gasteiger partial charge in [0.25, 0.3) is 0 Å². The number of benzene rings is 1. The predicted octanol–water partition coefficient (Wildman–Crippen LogP) is 2.31. The van der Waals surface area contributed by atoms with E-state index in [2.05, 4.69) is 10.1 Å². The Bertz CT molecular complexity index is 671. The minimum atomic E-state index is -0.970. The largest absolute Gasteiger partial charge is 0.337 e. The van der Waals surface area contributed by atoms with E-state index < -0.39 is 11.6 Å². The van der Waals surface area contributed by atoms with Crippen LogP contribution in [0.5, 0.6) is 0 Å². The molecule has 2 heterocycles. The summed E-state index contributed by atoms with van der Waals surface area (Å²) in [5.74, 6) is -1.41. The first-order chi connectivity index (χ1) is 9.56. The van der Waals surface area contributed by atoms with E-state index in [1.807, 2.05) is 0 Å². The highest BCUT2D eigenvalue weighted by Gasteiger charge is 2.33. The highest BCUT2D eigenvalue weighted by Crippen LogP contribution is 2.31. The zero-order valence-electron chi connectivity index (χ0n) is 10.6. The maximum atomic E-state index is 13.2. The predicted molar refractivity (Wildman–Crippen MR) is 64.4 cm³/mol. The Balaban J connectivity index is 1.90. The van der Waals surface area contributed by atoms with Gasteiger partial charge < -0.3 is 9.42 Å². The van der Waals surface area contributed by atoms with E-state index in [-0.39, 0.29) is 17.8 Å². The summed E-state index contributed by atoms with van der Waals surface area (Å²) in [5, 5.41) is 3.75. The number of amides is 1. The van der Waals surface area contributed by atoms with Crippen LogP contribution >= 0.6 is 0 Å². The molecule has 1 fully saturated rings. The molecule has 3 rings (SSSR count). The standard InChI is InChI=1S/C13H11F2N3O2/c1-18-10(4-5-11(18)19)13-16-12(17-20-13)7-2-3-8(14)9(15)6-7/h2-3,6,10H,4-5H2,1H3. The van der Waals surface area contributed by atoms with Crippen LogP contribution in [0.2, 0.25) is 0 Å². The van der Waals surface area contributed by atoms with E-state index in [0.29, 0.717) is 24.3 Å². The lowest BCUT2D eigenvalue weighted by molar-refractivity contribution is -0.127. The highest BCUT2D eigenvalue weighted by atomic mass is 19.2. The van der Waals surface area contributed by atoms with E-state index in [1.54, 1.807) is 11.9 Å². The van der Waals surface area contributed by atoms with E-state index in [9.17, 15) is 13.6 Å². The van der Waals surface area contributed by atoms with E-state index >= 15 is 0 Å². The number of carbonyl (C=O) groups is 1. The summed E-state index contributed by atoms with van der Waals surface area (Å²) in [6.07, 6.45) is 1.04. The van der Waals surface area contributed by atoms with Gasteiger partial charge in [-0.15, -0.1) is 0 Å². The van der Waals surface area contributed by atoms with Crippen molar-refractivity contribution in [3.05, 3.63) is 35.7 Å². The Labute approximate surface area is 113 Å². The summed E-state index contributed by atoms with van der Waals surface area (Å²) < 4.78 is 31.2. The second-order valence-corrected chi connectivity index (χ2v) is 4.64. The van der Waals surface area contributed by atoms with Gasteiger partial charge >= 0.3 is 0 Å². The van der Waals surface area contributed by atoms with Crippen molar-refractivity contribution in [3.8, 4) is 11.4 Å². The zero-order valence-corrected chi connectivity index (χ0v) is 10.6. The molecule has 1 amide bonds. The van der Waals surface area contributed by atoms with Crippen LogP contribution in [-0.4, -0.2) is 28.0 Å². The number of nitrogens with zero attached hydrogens (tertiary/aromatic N) is 3. The van der Waals surface area contributed by atoms with Crippen molar-refractivity contribution in [3.63, 3.8) is 0 Å². The number of hydrogen-bond donors (Lipinski definition) is 0. The highest BCUT2D eigenvalue weighted by molar-refractivity contribution is 5.78. The van der Waals surface area contributed by atoms with Crippen LogP contribution in [0.3, 0.4) is 0 Å². The Morgan fingerprint density at radius 2 is 2.15 bits per heavy atom. The maximum Gasteiger partial charge on any atom is 0.249 e. The molecule has 0 aliphatic carbocycles. The molecule has 1 atom stereocenters. The van der Waals surface area contributed by atoms with Crippen molar-refractivity contribution >= 4 is 5.91 Å². The fourth-order valence-electron chi connectivity index (χ4n) is 2.22. The van der Waals surface area contributed by atoms with Crippen LogP contribution in [0.1, 0.15) is 24.8 Å². The van der Waals surface area contributed by atoms with Crippen LogP contribution in [0, 0.1) is 11.6 Å². The average Bonchev–Trinajstić information content (AvgIpc) is 3.02. The third kappa shape index (κ3) is 2.04. The SMILES string of the molecule is CN1C(=O)CCC1c1nc(-c2ccc(F)c(F)c2)no1. The van der Waals surface area contributed by atoms with Crippen LogP contribution < -0.4 is 0 Å². The van der Waals surface area contributed by atoms with Gasteiger partial charge in [-0.2, -0.15) is 4.98 Å². The van der Waals surface area contributed by atoms with Crippen LogP contribution in [0.25, 0.3) is 11.4 Å². The number of rotatable bonds is 2. The molecule has 0 N–H and O–H groups in total. The molecule has 1 unspecified atom stereocenters. The van der Waals surface area contributed by atoms with Gasteiger partial charge in [0.05, 0.1) is 0 Å². The molecule has 104 valence electrons. The van der Waals surface area contributed by atoms with Crippen LogP contribution in [-0.2, 0) is 4.79 Å². The lowest BCUT2D eigenvalue weighted by Gasteiger charge is -2.14. The third-order valence-corrected chi connectivity index (χ3v) is 3.40. The van der Waals surface area contributed by atoms with Crippen molar-refractivity contribution in [1.82, 2.24) is 15.0 Å². The molecule has 2 aromatic rings. The molecule has 0 bridgehead atoms. The summed E-state index contributed by atoms with van der Waals surface area (Å²) in [7, 11) is 1.67. The number of aromatic nitrogens is 2. The first-order valence-corrected chi connectivity index (χ1v) is 6.11. The van der Waals surface area contributed by atoms with Gasteiger partial charge in [-0.25, -0.2) is 8.78 Å². The fraction of sp³-hybridized carbons (Fsp3) is 0.308. The lowest BCUT2D eigenvalue weighted by Crippen LogP contribution is -2.22. The summed E-state index contributed by atoms with van der Waals surface area (Å²) >= 11 is 0. The molecule has 0 radical (unpaired) electrons. The summed E-state index contributed by atoms with van der Waals surface area (Å²) in [6, 6.07) is 3.13. The second-order valence-electron chi connectivity index (χ2n) is 4.64. The number of halogens is 2. The van der Waals surface area contributed by atoms with E-state index in [0.717, 1.165) is 12.1 Å². The molecule has 7 heteroatoms. The smallest absolute Gasteiger partial charge is 0.249 e. The Morgan fingerprint density at radius 3 is 2.80 bits per heavy atom. The van der Waals surface area contributed by atoms with Crippen LogP contribution in [0.15, 0.2) is 22.7 Å². The summed E-state index contributed by atoms with van der Waals surface area (Å²) in [4.78, 5) is 17.2. The normalized spacial score (nSPS) is 18.9. The summed E-state index contributed by atoms with van der Waals surface area (Å²) in [5.41, 5.74) is 0.325. The zero-order chi connectivity index (χ0) is 14.3. The molecular weight excluding hydrogens is 268 g/mol. The minimum absolute atomic E-state index is 0.0163. The first-order valence-electron chi connectivity index (χ1n) is 6.11. The van der Waals surface area contributed by atoms with E-state index in [4.69, 9.17) is 4.52 Å². The van der Waals surface area contributed by atoms with Gasteiger partial charge in [-0.1, -0.05) is 5.16 Å². The molecule has 1 saturated heterocycles. The lowest BCUT2D eigenvalue weighted by atomic mass is 10.2. The van der Waals surface area contributed by atoms with Gasteiger partial charge in [0.1, 0.15) is 6.04 Å². The number of likely N-dealkylation sites (tertiary alicyclic amines) is 1. The Hall–Kier alpha value is -2.31. The third-order valence-electron chi connectivity index (χ3n) is 3.40. The molecule has 1 aromatic heterocycles. The quantitative estimate of drug-likeness (QED) is 0.846. The van der Waals surface area contributed by atoms with Crippen molar-refractivity contribution in [1.29, 1.82) is 0 Å².